The van der Waals surface area contributed by atoms with E-state index in [9.17, 15) is 0 Å². The van der Waals surface area contributed by atoms with Gasteiger partial charge in [-0.2, -0.15) is 11.8 Å². The maximum Gasteiger partial charge on any atom is 0.124 e. The Labute approximate surface area is 126 Å². The molecule has 110 valence electrons. The van der Waals surface area contributed by atoms with E-state index in [4.69, 9.17) is 4.74 Å². The van der Waals surface area contributed by atoms with Gasteiger partial charge in [0.1, 0.15) is 5.75 Å². The molecular formula is C17H25NOS. The van der Waals surface area contributed by atoms with Gasteiger partial charge in [0.05, 0.1) is 6.61 Å². The van der Waals surface area contributed by atoms with E-state index in [-0.39, 0.29) is 0 Å². The lowest BCUT2D eigenvalue weighted by atomic mass is 9.88. The molecule has 0 aromatic heterocycles. The molecule has 1 fully saturated rings. The summed E-state index contributed by atoms with van der Waals surface area (Å²) >= 11 is 2.03. The van der Waals surface area contributed by atoms with Crippen LogP contribution < -0.4 is 10.1 Å². The van der Waals surface area contributed by atoms with Gasteiger partial charge in [-0.15, -0.1) is 0 Å². The fourth-order valence-corrected chi connectivity index (χ4v) is 4.49. The second-order valence-electron chi connectivity index (χ2n) is 6.14. The molecule has 0 amide bonds. The molecule has 2 nitrogen and oxygen atoms in total. The maximum absolute atomic E-state index is 5.86. The number of nitrogens with one attached hydrogen (secondary N) is 1. The van der Waals surface area contributed by atoms with Crippen LogP contribution in [0.5, 0.6) is 5.75 Å². The van der Waals surface area contributed by atoms with E-state index in [0.29, 0.717) is 18.0 Å². The van der Waals surface area contributed by atoms with E-state index in [1.54, 1.807) is 0 Å². The fourth-order valence-electron chi connectivity index (χ4n) is 3.55. The number of para-hydroxylation sites is 1. The zero-order chi connectivity index (χ0) is 13.9. The highest BCUT2D eigenvalue weighted by atomic mass is 32.2. The van der Waals surface area contributed by atoms with Gasteiger partial charge in [0.15, 0.2) is 0 Å². The van der Waals surface area contributed by atoms with Gasteiger partial charge in [-0.25, -0.2) is 0 Å². The zero-order valence-electron chi connectivity index (χ0n) is 12.5. The number of benzene rings is 1. The molecule has 0 spiro atoms. The van der Waals surface area contributed by atoms with Crippen LogP contribution in [0.3, 0.4) is 0 Å². The number of ether oxygens (including phenoxy) is 1. The van der Waals surface area contributed by atoms with Crippen molar-refractivity contribution in [3.63, 3.8) is 0 Å². The first kappa shape index (κ1) is 14.3. The molecule has 0 radical (unpaired) electrons. The van der Waals surface area contributed by atoms with Crippen molar-refractivity contribution in [1.82, 2.24) is 5.32 Å². The highest BCUT2D eigenvalue weighted by molar-refractivity contribution is 7.99. The summed E-state index contributed by atoms with van der Waals surface area (Å²) in [7, 11) is 0. The van der Waals surface area contributed by atoms with Gasteiger partial charge in [0.2, 0.25) is 0 Å². The molecule has 4 atom stereocenters. The van der Waals surface area contributed by atoms with Gasteiger partial charge >= 0.3 is 0 Å². The molecule has 1 heterocycles. The van der Waals surface area contributed by atoms with E-state index < -0.39 is 0 Å². The Hall–Kier alpha value is -0.670. The number of hydrogen-bond acceptors (Lipinski definition) is 3. The summed E-state index contributed by atoms with van der Waals surface area (Å²) in [5.74, 6) is 1.61. The summed E-state index contributed by atoms with van der Waals surface area (Å²) in [6.07, 6.45) is 7.69. The zero-order valence-corrected chi connectivity index (χ0v) is 13.3. The molecule has 3 rings (SSSR count). The van der Waals surface area contributed by atoms with E-state index in [2.05, 4.69) is 42.8 Å². The number of hydrogen-bond donors (Lipinski definition) is 1. The van der Waals surface area contributed by atoms with Crippen molar-refractivity contribution in [2.24, 2.45) is 5.92 Å². The number of rotatable bonds is 3. The standard InChI is InChI=1S/C17H25NOS/c1-12-11-19-15-9-5-3-7-13(15)17(12)18-14-8-4-6-10-16(14)20-2/h3,5,7,9,12,14,16-18H,4,6,8,10-11H2,1-2H3. The van der Waals surface area contributed by atoms with E-state index in [1.165, 1.54) is 31.2 Å². The lowest BCUT2D eigenvalue weighted by Crippen LogP contribution is -2.46. The Morgan fingerprint density at radius 3 is 2.85 bits per heavy atom. The van der Waals surface area contributed by atoms with Crippen molar-refractivity contribution >= 4 is 11.8 Å². The Morgan fingerprint density at radius 2 is 2.00 bits per heavy atom. The largest absolute Gasteiger partial charge is 0.493 e. The predicted octanol–water partition coefficient (Wildman–Crippen LogP) is 4.02. The van der Waals surface area contributed by atoms with Crippen molar-refractivity contribution in [3.8, 4) is 5.75 Å². The van der Waals surface area contributed by atoms with Gasteiger partial charge < -0.3 is 10.1 Å². The van der Waals surface area contributed by atoms with Gasteiger partial charge in [-0.1, -0.05) is 38.0 Å². The minimum Gasteiger partial charge on any atom is -0.493 e. The Morgan fingerprint density at radius 1 is 1.20 bits per heavy atom. The topological polar surface area (TPSA) is 21.3 Å². The molecule has 3 heteroatoms. The average Bonchev–Trinajstić information content (AvgIpc) is 2.50. The average molecular weight is 291 g/mol. The van der Waals surface area contributed by atoms with Crippen molar-refractivity contribution in [2.75, 3.05) is 12.9 Å². The van der Waals surface area contributed by atoms with Crippen LogP contribution in [0, 0.1) is 5.92 Å². The van der Waals surface area contributed by atoms with Gasteiger partial charge in [0, 0.05) is 28.8 Å². The molecule has 1 saturated carbocycles. The monoisotopic (exact) mass is 291 g/mol. The lowest BCUT2D eigenvalue weighted by molar-refractivity contribution is 0.174. The molecular weight excluding hydrogens is 266 g/mol. The van der Waals surface area contributed by atoms with Crippen LogP contribution in [0.15, 0.2) is 24.3 Å². The van der Waals surface area contributed by atoms with Crippen molar-refractivity contribution < 1.29 is 4.74 Å². The van der Waals surface area contributed by atoms with Gasteiger partial charge in [-0.3, -0.25) is 0 Å². The quantitative estimate of drug-likeness (QED) is 0.909. The lowest BCUT2D eigenvalue weighted by Gasteiger charge is -2.39. The maximum atomic E-state index is 5.86. The third-order valence-corrected chi connectivity index (χ3v) is 5.89. The third-order valence-electron chi connectivity index (χ3n) is 4.72. The van der Waals surface area contributed by atoms with Crippen LogP contribution in [-0.4, -0.2) is 24.2 Å². The van der Waals surface area contributed by atoms with Crippen LogP contribution >= 0.6 is 11.8 Å². The minimum absolute atomic E-state index is 0.442. The van der Waals surface area contributed by atoms with Gasteiger partial charge in [0.25, 0.3) is 0 Å². The first-order chi connectivity index (χ1) is 9.79. The fraction of sp³-hybridized carbons (Fsp3) is 0.647. The summed E-state index contributed by atoms with van der Waals surface area (Å²) in [5.41, 5.74) is 1.34. The molecule has 1 N–H and O–H groups in total. The van der Waals surface area contributed by atoms with E-state index in [0.717, 1.165) is 17.6 Å². The Kier molecular flexibility index (Phi) is 4.57. The molecule has 1 aliphatic carbocycles. The smallest absolute Gasteiger partial charge is 0.124 e. The minimum atomic E-state index is 0.442. The summed E-state index contributed by atoms with van der Waals surface area (Å²) < 4.78 is 5.86. The SMILES string of the molecule is CSC1CCCCC1NC1c2ccccc2OCC1C. The highest BCUT2D eigenvalue weighted by Gasteiger charge is 2.32. The number of thioether (sulfide) groups is 1. The first-order valence-electron chi connectivity index (χ1n) is 7.80. The molecule has 1 aromatic carbocycles. The van der Waals surface area contributed by atoms with E-state index >= 15 is 0 Å². The van der Waals surface area contributed by atoms with Crippen LogP contribution in [0.25, 0.3) is 0 Å². The Balaban J connectivity index is 1.78. The number of fused-ring (bicyclic) bond motifs is 1. The van der Waals surface area contributed by atoms with Gasteiger partial charge in [-0.05, 0) is 25.2 Å². The molecule has 20 heavy (non-hydrogen) atoms. The summed E-state index contributed by atoms with van der Waals surface area (Å²) in [6.45, 7) is 3.12. The highest BCUT2D eigenvalue weighted by Crippen LogP contribution is 2.37. The summed E-state index contributed by atoms with van der Waals surface area (Å²) in [4.78, 5) is 0. The Bertz CT molecular complexity index is 450. The van der Waals surface area contributed by atoms with Crippen LogP contribution in [0.2, 0.25) is 0 Å². The second kappa shape index (κ2) is 6.40. The first-order valence-corrected chi connectivity index (χ1v) is 9.09. The molecule has 1 aliphatic heterocycles. The normalized spacial score (nSPS) is 33.3. The summed E-state index contributed by atoms with van der Waals surface area (Å²) in [6, 6.07) is 9.61. The molecule has 0 bridgehead atoms. The van der Waals surface area contributed by atoms with Crippen molar-refractivity contribution in [1.29, 1.82) is 0 Å². The van der Waals surface area contributed by atoms with Crippen LogP contribution in [-0.2, 0) is 0 Å². The van der Waals surface area contributed by atoms with Crippen molar-refractivity contribution in [2.45, 2.75) is 49.9 Å². The second-order valence-corrected chi connectivity index (χ2v) is 7.21. The van der Waals surface area contributed by atoms with E-state index in [1.807, 2.05) is 11.8 Å². The molecule has 1 aromatic rings. The molecule has 4 unspecified atom stereocenters. The molecule has 2 aliphatic rings. The van der Waals surface area contributed by atoms with Crippen LogP contribution in [0.4, 0.5) is 0 Å². The summed E-state index contributed by atoms with van der Waals surface area (Å²) in [5, 5.41) is 4.73. The third kappa shape index (κ3) is 2.84. The predicted molar refractivity (Wildman–Crippen MR) is 86.5 cm³/mol. The van der Waals surface area contributed by atoms with Crippen molar-refractivity contribution in [3.05, 3.63) is 29.8 Å². The molecule has 0 saturated heterocycles. The van der Waals surface area contributed by atoms with Crippen LogP contribution in [0.1, 0.15) is 44.2 Å².